The van der Waals surface area contributed by atoms with Crippen LogP contribution in [0, 0.1) is 45.3 Å². The molecule has 0 amide bonds. The first kappa shape index (κ1) is 32.8. The molecule has 7 heteroatoms. The second-order valence-electron chi connectivity index (χ2n) is 16.2. The van der Waals surface area contributed by atoms with Crippen molar-refractivity contribution < 1.29 is 34.4 Å². The molecule has 0 aromatic carbocycles. The van der Waals surface area contributed by atoms with Crippen LogP contribution < -0.4 is 0 Å². The van der Waals surface area contributed by atoms with Crippen LogP contribution in [-0.2, 0) is 19.1 Å². The summed E-state index contributed by atoms with van der Waals surface area (Å²) in [5.41, 5.74) is 3.89. The van der Waals surface area contributed by atoms with Crippen LogP contribution in [0.3, 0.4) is 0 Å². The molecule has 3 N–H and O–H groups in total. The van der Waals surface area contributed by atoms with E-state index in [4.69, 9.17) is 9.47 Å². The van der Waals surface area contributed by atoms with Gasteiger partial charge in [0.15, 0.2) is 0 Å². The molecule has 1 saturated heterocycles. The van der Waals surface area contributed by atoms with E-state index in [-0.39, 0.29) is 34.2 Å². The van der Waals surface area contributed by atoms with Crippen molar-refractivity contribution in [2.24, 2.45) is 45.3 Å². The SMILES string of the molecule is C=C(CCC(C(=O)OC1OCC(O)C(O)C1O)C1CCC2(C)C3=C(CCC12C)C1(C)CCC(=O)C(C)(C)C1CC3)C(C)C. The highest BCUT2D eigenvalue weighted by atomic mass is 16.7. The average Bonchev–Trinajstić information content (AvgIpc) is 3.22. The molecular weight excluding hydrogens is 544 g/mol. The molecule has 3 fully saturated rings. The number of carbonyl (C=O) groups excluding carboxylic acids is 2. The maximum absolute atomic E-state index is 14.0. The van der Waals surface area contributed by atoms with E-state index in [1.807, 2.05) is 0 Å². The fourth-order valence-corrected chi connectivity index (χ4v) is 10.4. The quantitative estimate of drug-likeness (QED) is 0.246. The molecule has 4 aliphatic carbocycles. The summed E-state index contributed by atoms with van der Waals surface area (Å²) in [7, 11) is 0. The molecule has 7 nitrogen and oxygen atoms in total. The first-order valence-corrected chi connectivity index (χ1v) is 16.8. The summed E-state index contributed by atoms with van der Waals surface area (Å²) in [5.74, 6) is 0.373. The van der Waals surface area contributed by atoms with Gasteiger partial charge in [-0.25, -0.2) is 0 Å². The molecule has 1 heterocycles. The first-order valence-electron chi connectivity index (χ1n) is 16.8. The monoisotopic (exact) mass is 600 g/mol. The fourth-order valence-electron chi connectivity index (χ4n) is 10.4. The van der Waals surface area contributed by atoms with Gasteiger partial charge in [0.1, 0.15) is 24.1 Å². The van der Waals surface area contributed by atoms with E-state index in [1.165, 1.54) is 0 Å². The highest BCUT2D eigenvalue weighted by molar-refractivity contribution is 5.85. The van der Waals surface area contributed by atoms with E-state index < -0.39 is 36.5 Å². The van der Waals surface area contributed by atoms with Crippen molar-refractivity contribution in [2.75, 3.05) is 6.61 Å². The summed E-state index contributed by atoms with van der Waals surface area (Å²) in [6, 6.07) is 0. The molecule has 0 aromatic heterocycles. The van der Waals surface area contributed by atoms with Crippen molar-refractivity contribution in [3.05, 3.63) is 23.3 Å². The molecule has 0 aromatic rings. The van der Waals surface area contributed by atoms with Crippen LogP contribution in [0.5, 0.6) is 0 Å². The number of Topliss-reactive ketones (excluding diaryl/α,β-unsaturated/α-hetero) is 1. The normalized spacial score (nSPS) is 43.1. The number of esters is 1. The third kappa shape index (κ3) is 5.09. The number of aliphatic hydroxyl groups is 3. The van der Waals surface area contributed by atoms with Gasteiger partial charge in [0.25, 0.3) is 0 Å². The van der Waals surface area contributed by atoms with Gasteiger partial charge in [-0.05, 0) is 91.8 Å². The Morgan fingerprint density at radius 1 is 0.977 bits per heavy atom. The van der Waals surface area contributed by atoms with Crippen molar-refractivity contribution in [1.29, 1.82) is 0 Å². The number of carbonyl (C=O) groups is 2. The summed E-state index contributed by atoms with van der Waals surface area (Å²) in [4.78, 5) is 27.0. The molecule has 10 atom stereocenters. The first-order chi connectivity index (χ1) is 20.0. The number of fused-ring (bicyclic) bond motifs is 4. The van der Waals surface area contributed by atoms with Gasteiger partial charge in [-0.2, -0.15) is 0 Å². The maximum Gasteiger partial charge on any atom is 0.311 e. The Hall–Kier alpha value is -1.54. The molecular formula is C36H56O7. The molecule has 5 rings (SSSR count). The summed E-state index contributed by atoms with van der Waals surface area (Å²) in [5, 5.41) is 30.6. The average molecular weight is 601 g/mol. The maximum atomic E-state index is 14.0. The summed E-state index contributed by atoms with van der Waals surface area (Å²) in [6.07, 6.45) is 3.43. The molecule has 2 saturated carbocycles. The van der Waals surface area contributed by atoms with Gasteiger partial charge in [0.05, 0.1) is 12.5 Å². The fraction of sp³-hybridized carbons (Fsp3) is 0.833. The summed E-state index contributed by atoms with van der Waals surface area (Å²) < 4.78 is 11.3. The minimum atomic E-state index is -1.51. The molecule has 5 aliphatic rings. The highest BCUT2D eigenvalue weighted by Crippen LogP contribution is 2.72. The lowest BCUT2D eigenvalue weighted by molar-refractivity contribution is -0.265. The number of hydrogen-bond donors (Lipinski definition) is 3. The molecule has 0 spiro atoms. The van der Waals surface area contributed by atoms with E-state index >= 15 is 0 Å². The van der Waals surface area contributed by atoms with Crippen LogP contribution in [0.25, 0.3) is 0 Å². The summed E-state index contributed by atoms with van der Waals surface area (Å²) in [6.45, 7) is 19.9. The highest BCUT2D eigenvalue weighted by Gasteiger charge is 2.64. The number of allylic oxidation sites excluding steroid dienone is 3. The standard InChI is InChI=1S/C36H56O7/c1-20(2)21(3)9-10-22(31(41)43-32-30(40)29(39)26(37)19-42-32)23-13-17-36(8)25-11-12-27-33(4,5)28(38)15-16-34(27,6)24(25)14-18-35(23,36)7/h20,22-23,26-27,29-30,32,37,39-40H,3,9-19H2,1-2,4-8H3. The second kappa shape index (κ2) is 11.4. The van der Waals surface area contributed by atoms with Gasteiger partial charge in [-0.1, -0.05) is 71.8 Å². The Bertz CT molecular complexity index is 1170. The van der Waals surface area contributed by atoms with Crippen LogP contribution in [0.4, 0.5) is 0 Å². The van der Waals surface area contributed by atoms with Gasteiger partial charge in [0, 0.05) is 11.8 Å². The molecule has 0 radical (unpaired) electrons. The number of ether oxygens (including phenoxy) is 2. The Morgan fingerprint density at radius 2 is 1.67 bits per heavy atom. The zero-order chi connectivity index (χ0) is 31.7. The smallest absolute Gasteiger partial charge is 0.311 e. The van der Waals surface area contributed by atoms with E-state index in [1.54, 1.807) is 11.1 Å². The predicted molar refractivity (Wildman–Crippen MR) is 165 cm³/mol. The number of ketones is 1. The van der Waals surface area contributed by atoms with Crippen molar-refractivity contribution in [2.45, 2.75) is 137 Å². The van der Waals surface area contributed by atoms with Crippen molar-refractivity contribution in [3.8, 4) is 0 Å². The Balaban J connectivity index is 1.45. The zero-order valence-corrected chi connectivity index (χ0v) is 27.6. The molecule has 10 unspecified atom stereocenters. The number of hydrogen-bond acceptors (Lipinski definition) is 7. The van der Waals surface area contributed by atoms with Gasteiger partial charge in [-0.15, -0.1) is 0 Å². The van der Waals surface area contributed by atoms with Gasteiger partial charge < -0.3 is 24.8 Å². The second-order valence-corrected chi connectivity index (χ2v) is 16.2. The number of aliphatic hydroxyl groups excluding tert-OH is 3. The van der Waals surface area contributed by atoms with Crippen molar-refractivity contribution in [3.63, 3.8) is 0 Å². The van der Waals surface area contributed by atoms with E-state index in [0.717, 1.165) is 50.5 Å². The van der Waals surface area contributed by atoms with Crippen LogP contribution in [0.1, 0.15) is 113 Å². The molecule has 242 valence electrons. The van der Waals surface area contributed by atoms with Gasteiger partial charge >= 0.3 is 5.97 Å². The lowest BCUT2D eigenvalue weighted by Gasteiger charge is -2.60. The minimum Gasteiger partial charge on any atom is -0.433 e. The Kier molecular flexibility index (Phi) is 8.68. The van der Waals surface area contributed by atoms with Crippen LogP contribution >= 0.6 is 0 Å². The lowest BCUT2D eigenvalue weighted by atomic mass is 9.43. The van der Waals surface area contributed by atoms with Crippen molar-refractivity contribution in [1.82, 2.24) is 0 Å². The molecule has 43 heavy (non-hydrogen) atoms. The van der Waals surface area contributed by atoms with E-state index in [0.29, 0.717) is 36.9 Å². The zero-order valence-electron chi connectivity index (χ0n) is 27.6. The van der Waals surface area contributed by atoms with E-state index in [9.17, 15) is 24.9 Å². The van der Waals surface area contributed by atoms with Crippen LogP contribution in [0.2, 0.25) is 0 Å². The lowest BCUT2D eigenvalue weighted by Crippen LogP contribution is -2.55. The number of rotatable bonds is 7. The largest absolute Gasteiger partial charge is 0.433 e. The Morgan fingerprint density at radius 3 is 2.35 bits per heavy atom. The third-order valence-corrected chi connectivity index (χ3v) is 13.6. The summed E-state index contributed by atoms with van der Waals surface area (Å²) >= 11 is 0. The van der Waals surface area contributed by atoms with Crippen LogP contribution in [0.15, 0.2) is 23.3 Å². The molecule has 0 bridgehead atoms. The topological polar surface area (TPSA) is 113 Å². The molecule has 1 aliphatic heterocycles. The predicted octanol–water partition coefficient (Wildman–Crippen LogP) is 5.90. The third-order valence-electron chi connectivity index (χ3n) is 13.6. The van der Waals surface area contributed by atoms with Gasteiger partial charge in [0.2, 0.25) is 6.29 Å². The Labute approximate surface area is 258 Å². The van der Waals surface area contributed by atoms with E-state index in [2.05, 4.69) is 55.0 Å². The van der Waals surface area contributed by atoms with Crippen LogP contribution in [-0.4, -0.2) is 58.3 Å². The van der Waals surface area contributed by atoms with Gasteiger partial charge in [-0.3, -0.25) is 9.59 Å². The minimum absolute atomic E-state index is 0.0421. The van der Waals surface area contributed by atoms with Crippen molar-refractivity contribution >= 4 is 11.8 Å².